The lowest BCUT2D eigenvalue weighted by atomic mass is 10.2. The van der Waals surface area contributed by atoms with Crippen LogP contribution in [0.2, 0.25) is 10.0 Å². The summed E-state index contributed by atoms with van der Waals surface area (Å²) < 4.78 is 0.958. The topological polar surface area (TPSA) is 46.1 Å². The van der Waals surface area contributed by atoms with Gasteiger partial charge in [-0.3, -0.25) is 14.7 Å². The number of aromatic nitrogens is 2. The SMILES string of the molecule is O=C(CCCSc1ccc(Cl)cc1)N(Cc1ccccn1)c1nc2ccc(Cl)cc2s1. The normalized spacial score (nSPS) is 11.0. The van der Waals surface area contributed by atoms with Crippen molar-refractivity contribution in [1.29, 1.82) is 0 Å². The minimum absolute atomic E-state index is 0.0347. The largest absolute Gasteiger partial charge is 0.282 e. The standard InChI is InChI=1S/C23H19Cl2N3OS2/c24-16-6-9-19(10-7-16)30-13-3-5-22(29)28(15-18-4-1-2-12-26-18)23-27-20-11-8-17(25)14-21(20)31-23/h1-2,4,6-12,14H,3,5,13,15H2. The predicted molar refractivity (Wildman–Crippen MR) is 131 cm³/mol. The quantitative estimate of drug-likeness (QED) is 0.196. The molecule has 4 aromatic rings. The number of amides is 1. The van der Waals surface area contributed by atoms with Gasteiger partial charge in [-0.15, -0.1) is 11.8 Å². The Bertz CT molecular complexity index is 1170. The summed E-state index contributed by atoms with van der Waals surface area (Å²) in [5, 5.41) is 2.05. The second-order valence-electron chi connectivity index (χ2n) is 6.82. The molecule has 2 aromatic heterocycles. The first kappa shape index (κ1) is 22.1. The monoisotopic (exact) mass is 487 g/mol. The fraction of sp³-hybridized carbons (Fsp3) is 0.174. The van der Waals surface area contributed by atoms with Crippen molar-refractivity contribution in [3.05, 3.63) is 82.6 Å². The number of halogens is 2. The third-order valence-corrected chi connectivity index (χ3v) is 7.16. The number of fused-ring (bicyclic) bond motifs is 1. The van der Waals surface area contributed by atoms with Crippen LogP contribution in [0, 0.1) is 0 Å². The van der Waals surface area contributed by atoms with E-state index in [2.05, 4.69) is 9.97 Å². The molecule has 0 N–H and O–H groups in total. The van der Waals surface area contributed by atoms with E-state index in [0.29, 0.717) is 23.1 Å². The molecule has 0 saturated carbocycles. The van der Waals surface area contributed by atoms with Gasteiger partial charge in [-0.2, -0.15) is 0 Å². The summed E-state index contributed by atoms with van der Waals surface area (Å²) >= 11 is 15.2. The van der Waals surface area contributed by atoms with Crippen LogP contribution in [-0.2, 0) is 11.3 Å². The number of hydrogen-bond acceptors (Lipinski definition) is 5. The molecule has 158 valence electrons. The smallest absolute Gasteiger partial charge is 0.229 e. The van der Waals surface area contributed by atoms with E-state index in [1.165, 1.54) is 11.3 Å². The molecule has 2 heterocycles. The van der Waals surface area contributed by atoms with E-state index in [-0.39, 0.29) is 5.91 Å². The van der Waals surface area contributed by atoms with Crippen molar-refractivity contribution in [2.24, 2.45) is 0 Å². The van der Waals surface area contributed by atoms with Crippen molar-refractivity contribution in [2.75, 3.05) is 10.7 Å². The average Bonchev–Trinajstić information content (AvgIpc) is 3.19. The first-order valence-corrected chi connectivity index (χ1v) is 12.3. The Labute approximate surface area is 199 Å². The molecule has 4 rings (SSSR count). The Morgan fingerprint density at radius 2 is 1.84 bits per heavy atom. The molecule has 0 saturated heterocycles. The third-order valence-electron chi connectivity index (χ3n) is 4.53. The Kier molecular flexibility index (Phi) is 7.45. The fourth-order valence-corrected chi connectivity index (χ4v) is 5.23. The molecular weight excluding hydrogens is 469 g/mol. The lowest BCUT2D eigenvalue weighted by molar-refractivity contribution is -0.118. The van der Waals surface area contributed by atoms with Gasteiger partial charge in [-0.1, -0.05) is 40.6 Å². The zero-order valence-corrected chi connectivity index (χ0v) is 19.6. The number of carbonyl (C=O) groups is 1. The molecule has 0 fully saturated rings. The van der Waals surface area contributed by atoms with Crippen molar-refractivity contribution in [2.45, 2.75) is 24.3 Å². The minimum Gasteiger partial charge on any atom is -0.282 e. The Morgan fingerprint density at radius 1 is 1.03 bits per heavy atom. The highest BCUT2D eigenvalue weighted by Crippen LogP contribution is 2.32. The van der Waals surface area contributed by atoms with E-state index >= 15 is 0 Å². The summed E-state index contributed by atoms with van der Waals surface area (Å²) in [7, 11) is 0. The first-order valence-electron chi connectivity index (χ1n) is 9.73. The molecule has 0 bridgehead atoms. The van der Waals surface area contributed by atoms with Gasteiger partial charge in [0.2, 0.25) is 5.91 Å². The molecule has 0 spiro atoms. The van der Waals surface area contributed by atoms with Crippen LogP contribution in [0.5, 0.6) is 0 Å². The zero-order chi connectivity index (χ0) is 21.6. The van der Waals surface area contributed by atoms with Crippen molar-refractivity contribution < 1.29 is 4.79 Å². The predicted octanol–water partition coefficient (Wildman–Crippen LogP) is 7.10. The van der Waals surface area contributed by atoms with E-state index in [4.69, 9.17) is 23.2 Å². The Hall–Kier alpha value is -2.12. The molecule has 31 heavy (non-hydrogen) atoms. The van der Waals surface area contributed by atoms with Gasteiger partial charge in [0.25, 0.3) is 0 Å². The molecule has 0 aliphatic rings. The highest BCUT2D eigenvalue weighted by molar-refractivity contribution is 7.99. The van der Waals surface area contributed by atoms with E-state index in [1.54, 1.807) is 22.9 Å². The molecule has 0 aliphatic carbocycles. The van der Waals surface area contributed by atoms with Crippen molar-refractivity contribution in [3.63, 3.8) is 0 Å². The van der Waals surface area contributed by atoms with Gasteiger partial charge in [-0.25, -0.2) is 4.98 Å². The highest BCUT2D eigenvalue weighted by atomic mass is 35.5. The maximum absolute atomic E-state index is 13.2. The van der Waals surface area contributed by atoms with Crippen LogP contribution < -0.4 is 4.90 Å². The van der Waals surface area contributed by atoms with Crippen LogP contribution in [0.25, 0.3) is 10.2 Å². The molecule has 0 atom stereocenters. The van der Waals surface area contributed by atoms with Gasteiger partial charge in [0, 0.05) is 27.6 Å². The Morgan fingerprint density at radius 3 is 2.61 bits per heavy atom. The van der Waals surface area contributed by atoms with Crippen LogP contribution in [0.15, 0.2) is 71.8 Å². The molecular formula is C23H19Cl2N3OS2. The number of benzene rings is 2. The van der Waals surface area contributed by atoms with Crippen molar-refractivity contribution >= 4 is 67.6 Å². The number of rotatable bonds is 8. The maximum Gasteiger partial charge on any atom is 0.229 e. The summed E-state index contributed by atoms with van der Waals surface area (Å²) in [6, 6.07) is 19.0. The molecule has 4 nitrogen and oxygen atoms in total. The molecule has 2 aromatic carbocycles. The number of thioether (sulfide) groups is 1. The second kappa shape index (κ2) is 10.5. The van der Waals surface area contributed by atoms with E-state index in [1.807, 2.05) is 60.7 Å². The summed E-state index contributed by atoms with van der Waals surface area (Å²) in [5.74, 6) is 0.882. The minimum atomic E-state index is 0.0347. The number of carbonyl (C=O) groups excluding carboxylic acids is 1. The number of pyridine rings is 1. The third kappa shape index (κ3) is 5.98. The highest BCUT2D eigenvalue weighted by Gasteiger charge is 2.20. The molecule has 0 radical (unpaired) electrons. The van der Waals surface area contributed by atoms with E-state index < -0.39 is 0 Å². The maximum atomic E-state index is 13.2. The number of nitrogens with zero attached hydrogens (tertiary/aromatic N) is 3. The van der Waals surface area contributed by atoms with Gasteiger partial charge in [0.1, 0.15) is 0 Å². The number of thiazole rings is 1. The van der Waals surface area contributed by atoms with Gasteiger partial charge in [0.15, 0.2) is 5.13 Å². The first-order chi connectivity index (χ1) is 15.1. The van der Waals surface area contributed by atoms with Crippen LogP contribution in [0.3, 0.4) is 0 Å². The summed E-state index contributed by atoms with van der Waals surface area (Å²) in [4.78, 5) is 25.1. The van der Waals surface area contributed by atoms with Crippen LogP contribution in [0.1, 0.15) is 18.5 Å². The van der Waals surface area contributed by atoms with Gasteiger partial charge >= 0.3 is 0 Å². The van der Waals surface area contributed by atoms with Gasteiger partial charge < -0.3 is 0 Å². The Balaban J connectivity index is 1.46. The summed E-state index contributed by atoms with van der Waals surface area (Å²) in [6.07, 6.45) is 2.94. The lowest BCUT2D eigenvalue weighted by Gasteiger charge is -2.19. The lowest BCUT2D eigenvalue weighted by Crippen LogP contribution is -2.30. The molecule has 0 unspecified atom stereocenters. The van der Waals surface area contributed by atoms with E-state index in [9.17, 15) is 4.79 Å². The zero-order valence-electron chi connectivity index (χ0n) is 16.5. The van der Waals surface area contributed by atoms with Crippen LogP contribution in [0.4, 0.5) is 5.13 Å². The van der Waals surface area contributed by atoms with Crippen LogP contribution in [-0.4, -0.2) is 21.6 Å². The van der Waals surface area contributed by atoms with Crippen molar-refractivity contribution in [1.82, 2.24) is 9.97 Å². The van der Waals surface area contributed by atoms with Crippen molar-refractivity contribution in [3.8, 4) is 0 Å². The van der Waals surface area contributed by atoms with Gasteiger partial charge in [-0.05, 0) is 66.8 Å². The second-order valence-corrected chi connectivity index (χ2v) is 9.87. The fourth-order valence-electron chi connectivity index (χ4n) is 3.00. The molecule has 1 amide bonds. The van der Waals surface area contributed by atoms with E-state index in [0.717, 1.165) is 38.0 Å². The molecule has 0 aliphatic heterocycles. The average molecular weight is 488 g/mol. The number of hydrogen-bond donors (Lipinski definition) is 0. The van der Waals surface area contributed by atoms with Crippen LogP contribution >= 0.6 is 46.3 Å². The summed E-state index contributed by atoms with van der Waals surface area (Å²) in [5.41, 5.74) is 1.66. The van der Waals surface area contributed by atoms with Gasteiger partial charge in [0.05, 0.1) is 22.5 Å². The number of anilines is 1. The summed E-state index contributed by atoms with van der Waals surface area (Å²) in [6.45, 7) is 0.386. The molecule has 8 heteroatoms.